The van der Waals surface area contributed by atoms with Crippen LogP contribution in [0.5, 0.6) is 0 Å². The van der Waals surface area contributed by atoms with Crippen LogP contribution in [0.2, 0.25) is 0 Å². The molecule has 1 aliphatic rings. The minimum absolute atomic E-state index is 0.0813. The van der Waals surface area contributed by atoms with Gasteiger partial charge in [-0.15, -0.1) is 0 Å². The molecule has 1 fully saturated rings. The second kappa shape index (κ2) is 6.19. The van der Waals surface area contributed by atoms with Gasteiger partial charge in [0, 0.05) is 45.5 Å². The summed E-state index contributed by atoms with van der Waals surface area (Å²) in [6.07, 6.45) is 1.77. The lowest BCUT2D eigenvalue weighted by Gasteiger charge is -2.39. The van der Waals surface area contributed by atoms with Crippen LogP contribution in [0.4, 0.5) is 5.82 Å². The van der Waals surface area contributed by atoms with Crippen LogP contribution in [-0.4, -0.2) is 55.2 Å². The average molecular weight is 278 g/mol. The average Bonchev–Trinajstić information content (AvgIpc) is 2.47. The second-order valence-corrected chi connectivity index (χ2v) is 5.13. The number of hydrogen-bond donors (Lipinski definition) is 2. The van der Waals surface area contributed by atoms with Crippen LogP contribution >= 0.6 is 0 Å². The molecule has 1 saturated heterocycles. The van der Waals surface area contributed by atoms with Crippen molar-refractivity contribution in [3.8, 4) is 0 Å². The Bertz CT molecular complexity index is 480. The summed E-state index contributed by atoms with van der Waals surface area (Å²) in [5.74, 6) is 0.794. The first-order valence-corrected chi connectivity index (χ1v) is 6.79. The van der Waals surface area contributed by atoms with Crippen LogP contribution in [0, 0.1) is 0 Å². The van der Waals surface area contributed by atoms with Gasteiger partial charge in [-0.3, -0.25) is 9.69 Å². The van der Waals surface area contributed by atoms with Gasteiger partial charge in [-0.2, -0.15) is 0 Å². The van der Waals surface area contributed by atoms with E-state index in [1.807, 2.05) is 26.1 Å². The van der Waals surface area contributed by atoms with Gasteiger partial charge in [0.15, 0.2) is 5.60 Å². The molecule has 0 aromatic carbocycles. The summed E-state index contributed by atoms with van der Waals surface area (Å²) in [4.78, 5) is 18.4. The quantitative estimate of drug-likeness (QED) is 0.837. The van der Waals surface area contributed by atoms with Crippen molar-refractivity contribution in [1.29, 1.82) is 0 Å². The molecule has 0 aliphatic carbocycles. The van der Waals surface area contributed by atoms with Gasteiger partial charge in [-0.05, 0) is 13.0 Å². The fraction of sp³-hybridized carbons (Fsp3) is 0.571. The molecule has 110 valence electrons. The fourth-order valence-corrected chi connectivity index (χ4v) is 2.52. The molecule has 1 aromatic heterocycles. The van der Waals surface area contributed by atoms with E-state index < -0.39 is 5.60 Å². The van der Waals surface area contributed by atoms with Gasteiger partial charge in [0.1, 0.15) is 5.82 Å². The summed E-state index contributed by atoms with van der Waals surface area (Å²) >= 11 is 0. The topological polar surface area (TPSA) is 66.5 Å². The molecule has 6 nitrogen and oxygen atoms in total. The zero-order valence-corrected chi connectivity index (χ0v) is 12.3. The van der Waals surface area contributed by atoms with Crippen molar-refractivity contribution < 1.29 is 9.53 Å². The lowest BCUT2D eigenvalue weighted by atomic mass is 10.0. The zero-order valence-electron chi connectivity index (χ0n) is 12.3. The predicted molar refractivity (Wildman–Crippen MR) is 77.5 cm³/mol. The lowest BCUT2D eigenvalue weighted by Crippen LogP contribution is -2.57. The van der Waals surface area contributed by atoms with Crippen molar-refractivity contribution in [2.24, 2.45) is 0 Å². The van der Waals surface area contributed by atoms with Gasteiger partial charge in [0.2, 0.25) is 0 Å². The molecule has 0 bridgehead atoms. The van der Waals surface area contributed by atoms with E-state index in [-0.39, 0.29) is 5.91 Å². The predicted octanol–water partition coefficient (Wildman–Crippen LogP) is 0.460. The number of anilines is 1. The molecular formula is C14H22N4O2. The highest BCUT2D eigenvalue weighted by Crippen LogP contribution is 2.21. The fourth-order valence-electron chi connectivity index (χ4n) is 2.52. The Morgan fingerprint density at radius 1 is 1.55 bits per heavy atom. The molecule has 0 saturated carbocycles. The Labute approximate surface area is 119 Å². The third-order valence-corrected chi connectivity index (χ3v) is 3.58. The van der Waals surface area contributed by atoms with E-state index in [1.165, 1.54) is 0 Å². The Morgan fingerprint density at radius 2 is 2.35 bits per heavy atom. The van der Waals surface area contributed by atoms with Crippen molar-refractivity contribution in [1.82, 2.24) is 15.2 Å². The van der Waals surface area contributed by atoms with Crippen molar-refractivity contribution >= 4 is 11.7 Å². The van der Waals surface area contributed by atoms with E-state index in [2.05, 4.69) is 20.5 Å². The summed E-state index contributed by atoms with van der Waals surface area (Å²) in [5.41, 5.74) is 0.339. The van der Waals surface area contributed by atoms with Gasteiger partial charge in [-0.1, -0.05) is 6.07 Å². The number of pyridine rings is 1. The molecule has 20 heavy (non-hydrogen) atoms. The van der Waals surface area contributed by atoms with Crippen LogP contribution in [0.25, 0.3) is 0 Å². The molecule has 2 N–H and O–H groups in total. The highest BCUT2D eigenvalue weighted by molar-refractivity contribution is 5.84. The van der Waals surface area contributed by atoms with Crippen molar-refractivity contribution in [3.63, 3.8) is 0 Å². The number of likely N-dealkylation sites (N-methyl/N-ethyl adjacent to an activating group) is 1. The van der Waals surface area contributed by atoms with Crippen molar-refractivity contribution in [3.05, 3.63) is 23.9 Å². The maximum atomic E-state index is 11.9. The normalized spacial score (nSPS) is 23.4. The molecule has 0 spiro atoms. The van der Waals surface area contributed by atoms with Crippen LogP contribution in [-0.2, 0) is 16.1 Å². The van der Waals surface area contributed by atoms with E-state index >= 15 is 0 Å². The summed E-state index contributed by atoms with van der Waals surface area (Å²) in [6, 6.07) is 3.97. The van der Waals surface area contributed by atoms with E-state index in [0.29, 0.717) is 13.2 Å². The number of ether oxygens (including phenoxy) is 1. The molecule has 1 atom stereocenters. The van der Waals surface area contributed by atoms with Crippen LogP contribution in [0.15, 0.2) is 18.3 Å². The number of hydrogen-bond acceptors (Lipinski definition) is 5. The second-order valence-electron chi connectivity index (χ2n) is 5.13. The standard InChI is InChI=1S/C14H22N4O2/c1-14(13(19)16-3)10-18(7-8-20-14)9-11-5-4-6-17-12(11)15-2/h4-6H,7-10H2,1-3H3,(H,15,17)(H,16,19). The van der Waals surface area contributed by atoms with Gasteiger partial charge < -0.3 is 15.4 Å². The number of nitrogens with one attached hydrogen (secondary N) is 2. The summed E-state index contributed by atoms with van der Waals surface area (Å²) in [7, 11) is 3.50. The maximum Gasteiger partial charge on any atom is 0.253 e. The largest absolute Gasteiger partial charge is 0.373 e. The first-order chi connectivity index (χ1) is 9.59. The van der Waals surface area contributed by atoms with Gasteiger partial charge in [-0.25, -0.2) is 4.98 Å². The Kier molecular flexibility index (Phi) is 4.57. The molecule has 2 rings (SSSR count). The molecule has 1 aliphatic heterocycles. The molecule has 2 heterocycles. The summed E-state index contributed by atoms with van der Waals surface area (Å²) < 4.78 is 5.66. The van der Waals surface area contributed by atoms with Crippen LogP contribution in [0.1, 0.15) is 12.5 Å². The van der Waals surface area contributed by atoms with Gasteiger partial charge in [0.05, 0.1) is 6.61 Å². The van der Waals surface area contributed by atoms with Gasteiger partial charge in [0.25, 0.3) is 5.91 Å². The molecule has 0 radical (unpaired) electrons. The summed E-state index contributed by atoms with van der Waals surface area (Å²) in [5, 5.41) is 5.76. The number of nitrogens with zero attached hydrogens (tertiary/aromatic N) is 2. The molecule has 6 heteroatoms. The van der Waals surface area contributed by atoms with Crippen molar-refractivity contribution in [2.75, 3.05) is 39.1 Å². The first-order valence-electron chi connectivity index (χ1n) is 6.79. The monoisotopic (exact) mass is 278 g/mol. The Hall–Kier alpha value is -1.66. The van der Waals surface area contributed by atoms with E-state index in [1.54, 1.807) is 13.2 Å². The van der Waals surface area contributed by atoms with Crippen LogP contribution in [0.3, 0.4) is 0 Å². The van der Waals surface area contributed by atoms with Crippen molar-refractivity contribution in [2.45, 2.75) is 19.1 Å². The number of carbonyl (C=O) groups is 1. The smallest absolute Gasteiger partial charge is 0.253 e. The first kappa shape index (κ1) is 14.7. The molecule has 1 amide bonds. The minimum Gasteiger partial charge on any atom is -0.373 e. The number of rotatable bonds is 4. The Balaban J connectivity index is 2.08. The molecular weight excluding hydrogens is 256 g/mol. The molecule has 1 unspecified atom stereocenters. The third-order valence-electron chi connectivity index (χ3n) is 3.58. The minimum atomic E-state index is -0.783. The number of carbonyl (C=O) groups excluding carboxylic acids is 1. The van der Waals surface area contributed by atoms with E-state index in [0.717, 1.165) is 24.5 Å². The van der Waals surface area contributed by atoms with Gasteiger partial charge >= 0.3 is 0 Å². The maximum absolute atomic E-state index is 11.9. The highest BCUT2D eigenvalue weighted by atomic mass is 16.5. The van der Waals surface area contributed by atoms with E-state index in [4.69, 9.17) is 4.74 Å². The zero-order chi connectivity index (χ0) is 14.6. The number of amides is 1. The van der Waals surface area contributed by atoms with E-state index in [9.17, 15) is 4.79 Å². The Morgan fingerprint density at radius 3 is 3.05 bits per heavy atom. The SMILES string of the molecule is CNC(=O)C1(C)CN(Cc2cccnc2NC)CCO1. The number of aromatic nitrogens is 1. The summed E-state index contributed by atoms with van der Waals surface area (Å²) in [6.45, 7) is 4.52. The third kappa shape index (κ3) is 3.08. The number of morpholine rings is 1. The lowest BCUT2D eigenvalue weighted by molar-refractivity contribution is -0.156. The molecule has 1 aromatic rings. The van der Waals surface area contributed by atoms with Crippen LogP contribution < -0.4 is 10.6 Å². The highest BCUT2D eigenvalue weighted by Gasteiger charge is 2.38.